The van der Waals surface area contributed by atoms with E-state index in [4.69, 9.17) is 0 Å². The fourth-order valence-electron chi connectivity index (χ4n) is 2.96. The van der Waals surface area contributed by atoms with Crippen LogP contribution < -0.4 is 0 Å². The summed E-state index contributed by atoms with van der Waals surface area (Å²) < 4.78 is 15.1. The highest BCUT2D eigenvalue weighted by atomic mass is 32.1. The van der Waals surface area contributed by atoms with Gasteiger partial charge in [0, 0.05) is 23.2 Å². The lowest BCUT2D eigenvalue weighted by atomic mass is 10.1. The van der Waals surface area contributed by atoms with E-state index in [-0.39, 0.29) is 5.82 Å². The van der Waals surface area contributed by atoms with Gasteiger partial charge in [0.2, 0.25) is 4.96 Å². The molecule has 0 bridgehead atoms. The largest absolute Gasteiger partial charge is 0.298 e. The topological polar surface area (TPSA) is 33.4 Å². The molecule has 0 spiro atoms. The van der Waals surface area contributed by atoms with Crippen molar-refractivity contribution >= 4 is 16.3 Å². The SMILES string of the molecule is Fc1ccc(-c2nnc3sc(CN4CCCCC4)cn23)cc1. The highest BCUT2D eigenvalue weighted by Gasteiger charge is 2.15. The predicted octanol–water partition coefficient (Wildman–Crippen LogP) is 3.58. The Kier molecular flexibility index (Phi) is 3.63. The number of aromatic nitrogens is 3. The maximum atomic E-state index is 13.1. The summed E-state index contributed by atoms with van der Waals surface area (Å²) in [5.41, 5.74) is 0.885. The molecule has 0 N–H and O–H groups in total. The Labute approximate surface area is 132 Å². The number of nitrogens with zero attached hydrogens (tertiary/aromatic N) is 4. The van der Waals surface area contributed by atoms with Gasteiger partial charge in [0.05, 0.1) is 0 Å². The molecule has 1 aliphatic rings. The Morgan fingerprint density at radius 3 is 2.59 bits per heavy atom. The summed E-state index contributed by atoms with van der Waals surface area (Å²) in [6.07, 6.45) is 6.06. The predicted molar refractivity (Wildman–Crippen MR) is 85.4 cm³/mol. The molecular formula is C16H17FN4S. The summed E-state index contributed by atoms with van der Waals surface area (Å²) in [6, 6.07) is 6.40. The first-order valence-electron chi connectivity index (χ1n) is 7.61. The summed E-state index contributed by atoms with van der Waals surface area (Å²) in [7, 11) is 0. The summed E-state index contributed by atoms with van der Waals surface area (Å²) >= 11 is 1.68. The van der Waals surface area contributed by atoms with Crippen molar-refractivity contribution in [2.45, 2.75) is 25.8 Å². The van der Waals surface area contributed by atoms with Crippen LogP contribution in [0, 0.1) is 5.82 Å². The molecule has 2 aromatic heterocycles. The Bertz CT molecular complexity index is 771. The molecule has 4 nitrogen and oxygen atoms in total. The number of fused-ring (bicyclic) bond motifs is 1. The zero-order valence-electron chi connectivity index (χ0n) is 12.2. The molecule has 0 amide bonds. The smallest absolute Gasteiger partial charge is 0.216 e. The molecule has 114 valence electrons. The molecule has 0 unspecified atom stereocenters. The van der Waals surface area contributed by atoms with Gasteiger partial charge in [-0.3, -0.25) is 9.30 Å². The minimum absolute atomic E-state index is 0.236. The quantitative estimate of drug-likeness (QED) is 0.740. The lowest BCUT2D eigenvalue weighted by molar-refractivity contribution is 0.222. The van der Waals surface area contributed by atoms with Gasteiger partial charge in [-0.15, -0.1) is 10.2 Å². The summed E-state index contributed by atoms with van der Waals surface area (Å²) in [5, 5.41) is 8.48. The molecule has 6 heteroatoms. The van der Waals surface area contributed by atoms with E-state index in [1.165, 1.54) is 49.4 Å². The van der Waals surface area contributed by atoms with Crippen molar-refractivity contribution in [3.63, 3.8) is 0 Å². The highest BCUT2D eigenvalue weighted by molar-refractivity contribution is 7.17. The van der Waals surface area contributed by atoms with Crippen molar-refractivity contribution in [3.05, 3.63) is 41.2 Å². The van der Waals surface area contributed by atoms with E-state index < -0.39 is 0 Å². The van der Waals surface area contributed by atoms with Gasteiger partial charge in [0.15, 0.2) is 5.82 Å². The van der Waals surface area contributed by atoms with Gasteiger partial charge in [-0.1, -0.05) is 17.8 Å². The van der Waals surface area contributed by atoms with Crippen LogP contribution in [0.2, 0.25) is 0 Å². The van der Waals surface area contributed by atoms with Gasteiger partial charge >= 0.3 is 0 Å². The average molecular weight is 316 g/mol. The summed E-state index contributed by atoms with van der Waals surface area (Å²) in [5.74, 6) is 0.539. The summed E-state index contributed by atoms with van der Waals surface area (Å²) in [4.78, 5) is 4.70. The number of halogens is 1. The van der Waals surface area contributed by atoms with Crippen LogP contribution >= 0.6 is 11.3 Å². The molecule has 3 heterocycles. The molecule has 0 aliphatic carbocycles. The number of rotatable bonds is 3. The van der Waals surface area contributed by atoms with E-state index in [2.05, 4.69) is 21.3 Å². The second-order valence-corrected chi connectivity index (χ2v) is 6.81. The lowest BCUT2D eigenvalue weighted by Gasteiger charge is -2.25. The molecule has 4 rings (SSSR count). The van der Waals surface area contributed by atoms with Crippen molar-refractivity contribution in [1.29, 1.82) is 0 Å². The third-order valence-electron chi connectivity index (χ3n) is 4.09. The van der Waals surface area contributed by atoms with E-state index in [0.29, 0.717) is 0 Å². The molecule has 1 fully saturated rings. The Hall–Kier alpha value is -1.79. The number of hydrogen-bond donors (Lipinski definition) is 0. The monoisotopic (exact) mass is 316 g/mol. The molecule has 1 aliphatic heterocycles. The third-order valence-corrected chi connectivity index (χ3v) is 5.05. The van der Waals surface area contributed by atoms with Gasteiger partial charge in [0.25, 0.3) is 0 Å². The maximum Gasteiger partial charge on any atom is 0.216 e. The molecule has 22 heavy (non-hydrogen) atoms. The molecule has 0 atom stereocenters. The standard InChI is InChI=1S/C16H17FN4S/c17-13-6-4-12(5-7-13)15-18-19-16-21(15)11-14(22-16)10-20-8-2-1-3-9-20/h4-7,11H,1-3,8-10H2. The van der Waals surface area contributed by atoms with Crippen LogP contribution in [-0.4, -0.2) is 32.6 Å². The average Bonchev–Trinajstić information content (AvgIpc) is 3.09. The van der Waals surface area contributed by atoms with Gasteiger partial charge in [-0.05, 0) is 50.2 Å². The summed E-state index contributed by atoms with van der Waals surface area (Å²) in [6.45, 7) is 3.35. The first kappa shape index (κ1) is 13.8. The molecule has 0 saturated carbocycles. The van der Waals surface area contributed by atoms with E-state index >= 15 is 0 Å². The van der Waals surface area contributed by atoms with Crippen LogP contribution in [0.25, 0.3) is 16.3 Å². The van der Waals surface area contributed by atoms with Crippen LogP contribution in [0.3, 0.4) is 0 Å². The normalized spacial score (nSPS) is 16.4. The number of likely N-dealkylation sites (tertiary alicyclic amines) is 1. The van der Waals surface area contributed by atoms with Crippen LogP contribution in [0.4, 0.5) is 4.39 Å². The molecule has 3 aromatic rings. The number of thiazole rings is 1. The van der Waals surface area contributed by atoms with E-state index in [1.807, 2.05) is 4.40 Å². The van der Waals surface area contributed by atoms with Crippen LogP contribution in [0.5, 0.6) is 0 Å². The second-order valence-electron chi connectivity index (χ2n) is 5.72. The number of benzene rings is 1. The minimum Gasteiger partial charge on any atom is -0.298 e. The van der Waals surface area contributed by atoms with Crippen LogP contribution in [0.1, 0.15) is 24.1 Å². The molecule has 1 saturated heterocycles. The van der Waals surface area contributed by atoms with E-state index in [1.54, 1.807) is 23.5 Å². The highest BCUT2D eigenvalue weighted by Crippen LogP contribution is 2.25. The van der Waals surface area contributed by atoms with Crippen molar-refractivity contribution in [3.8, 4) is 11.4 Å². The zero-order chi connectivity index (χ0) is 14.9. The van der Waals surface area contributed by atoms with Gasteiger partial charge in [0.1, 0.15) is 5.82 Å². The lowest BCUT2D eigenvalue weighted by Crippen LogP contribution is -2.28. The Balaban J connectivity index is 1.62. The van der Waals surface area contributed by atoms with Crippen LogP contribution in [0.15, 0.2) is 30.5 Å². The van der Waals surface area contributed by atoms with Gasteiger partial charge in [-0.2, -0.15) is 0 Å². The molecular weight excluding hydrogens is 299 g/mol. The minimum atomic E-state index is -0.236. The van der Waals surface area contributed by atoms with E-state index in [0.717, 1.165) is 22.9 Å². The number of piperidine rings is 1. The Morgan fingerprint density at radius 1 is 1.05 bits per heavy atom. The van der Waals surface area contributed by atoms with Crippen LogP contribution in [-0.2, 0) is 6.54 Å². The fraction of sp³-hybridized carbons (Fsp3) is 0.375. The van der Waals surface area contributed by atoms with Crippen molar-refractivity contribution in [1.82, 2.24) is 19.5 Å². The Morgan fingerprint density at radius 2 is 1.82 bits per heavy atom. The first-order valence-corrected chi connectivity index (χ1v) is 8.43. The van der Waals surface area contributed by atoms with E-state index in [9.17, 15) is 4.39 Å². The van der Waals surface area contributed by atoms with Crippen molar-refractivity contribution in [2.75, 3.05) is 13.1 Å². The molecule has 1 aromatic carbocycles. The van der Waals surface area contributed by atoms with Gasteiger partial charge < -0.3 is 0 Å². The van der Waals surface area contributed by atoms with Gasteiger partial charge in [-0.25, -0.2) is 4.39 Å². The second kappa shape index (κ2) is 5.78. The van der Waals surface area contributed by atoms with Crippen molar-refractivity contribution in [2.24, 2.45) is 0 Å². The fourth-order valence-corrected chi connectivity index (χ4v) is 3.92. The zero-order valence-corrected chi connectivity index (χ0v) is 13.0. The first-order chi connectivity index (χ1) is 10.8. The maximum absolute atomic E-state index is 13.1. The number of hydrogen-bond acceptors (Lipinski definition) is 4. The molecule has 0 radical (unpaired) electrons. The van der Waals surface area contributed by atoms with Crippen molar-refractivity contribution < 1.29 is 4.39 Å². The third kappa shape index (κ3) is 2.64.